The fraction of sp³-hybridized carbons (Fsp3) is 0.692. The number of aromatic amines is 1. The smallest absolute Gasteiger partial charge is 0.245 e. The van der Waals surface area contributed by atoms with Crippen molar-refractivity contribution >= 4 is 10.0 Å². The molecule has 0 aliphatic carbocycles. The van der Waals surface area contributed by atoms with Gasteiger partial charge in [-0.15, -0.1) is 0 Å². The van der Waals surface area contributed by atoms with Crippen molar-refractivity contribution in [2.24, 2.45) is 0 Å². The van der Waals surface area contributed by atoms with Crippen molar-refractivity contribution in [3.8, 4) is 0 Å². The van der Waals surface area contributed by atoms with Crippen LogP contribution in [0.3, 0.4) is 0 Å². The Morgan fingerprint density at radius 3 is 2.79 bits per heavy atom. The normalized spacial score (nSPS) is 19.9. The predicted octanol–water partition coefficient (Wildman–Crippen LogP) is 1.69. The van der Waals surface area contributed by atoms with Crippen molar-refractivity contribution in [2.75, 3.05) is 13.1 Å². The molecule has 1 aromatic rings. The summed E-state index contributed by atoms with van der Waals surface area (Å²) in [5, 5.41) is 3.18. The number of nitrogens with one attached hydrogen (secondary N) is 2. The molecule has 0 amide bonds. The van der Waals surface area contributed by atoms with Crippen LogP contribution >= 0.6 is 0 Å². The van der Waals surface area contributed by atoms with Gasteiger partial charge in [0.15, 0.2) is 0 Å². The van der Waals surface area contributed by atoms with Gasteiger partial charge in [-0.3, -0.25) is 0 Å². The van der Waals surface area contributed by atoms with Crippen LogP contribution in [0.5, 0.6) is 0 Å². The molecule has 5 nitrogen and oxygen atoms in total. The van der Waals surface area contributed by atoms with Crippen molar-refractivity contribution in [3.63, 3.8) is 0 Å². The van der Waals surface area contributed by atoms with E-state index in [0.29, 0.717) is 18.0 Å². The highest BCUT2D eigenvalue weighted by Gasteiger charge is 2.41. The summed E-state index contributed by atoms with van der Waals surface area (Å²) in [6, 6.07) is 1.73. The standard InChI is InChI=1S/C13H23N3O2S/c1-4-14-9-11-8-12(10-15-11)19(17,18)16-7-5-6-13(16,2)3/h8,10,14-15H,4-7,9H2,1-3H3. The highest BCUT2D eigenvalue weighted by atomic mass is 32.2. The average molecular weight is 285 g/mol. The van der Waals surface area contributed by atoms with Crippen molar-refractivity contribution in [2.45, 2.75) is 50.6 Å². The Morgan fingerprint density at radius 2 is 2.21 bits per heavy atom. The number of rotatable bonds is 5. The molecule has 0 aromatic carbocycles. The van der Waals surface area contributed by atoms with E-state index in [-0.39, 0.29) is 5.54 Å². The van der Waals surface area contributed by atoms with Crippen molar-refractivity contribution in [1.29, 1.82) is 0 Å². The van der Waals surface area contributed by atoms with E-state index in [0.717, 1.165) is 25.1 Å². The first kappa shape index (κ1) is 14.6. The van der Waals surface area contributed by atoms with Gasteiger partial charge in [-0.1, -0.05) is 6.92 Å². The van der Waals surface area contributed by atoms with E-state index >= 15 is 0 Å². The lowest BCUT2D eigenvalue weighted by Gasteiger charge is -2.30. The zero-order valence-electron chi connectivity index (χ0n) is 11.9. The maximum Gasteiger partial charge on any atom is 0.245 e. The van der Waals surface area contributed by atoms with Gasteiger partial charge in [-0.25, -0.2) is 8.42 Å². The molecular weight excluding hydrogens is 262 g/mol. The van der Waals surface area contributed by atoms with Crippen molar-refractivity contribution in [1.82, 2.24) is 14.6 Å². The average Bonchev–Trinajstić information content (AvgIpc) is 2.92. The summed E-state index contributed by atoms with van der Waals surface area (Å²) < 4.78 is 26.9. The summed E-state index contributed by atoms with van der Waals surface area (Å²) in [7, 11) is -3.38. The molecule has 1 saturated heterocycles. The molecule has 1 fully saturated rings. The Morgan fingerprint density at radius 1 is 1.47 bits per heavy atom. The van der Waals surface area contributed by atoms with E-state index in [2.05, 4.69) is 10.3 Å². The van der Waals surface area contributed by atoms with Crippen LogP contribution in [0.25, 0.3) is 0 Å². The second-order valence-corrected chi connectivity index (χ2v) is 7.50. The van der Waals surface area contributed by atoms with Gasteiger partial charge in [0.1, 0.15) is 0 Å². The van der Waals surface area contributed by atoms with Gasteiger partial charge < -0.3 is 10.3 Å². The van der Waals surface area contributed by atoms with E-state index in [4.69, 9.17) is 0 Å². The molecule has 1 aliphatic heterocycles. The largest absolute Gasteiger partial charge is 0.363 e. The summed E-state index contributed by atoms with van der Waals surface area (Å²) >= 11 is 0. The van der Waals surface area contributed by atoms with Gasteiger partial charge in [0.25, 0.3) is 0 Å². The topological polar surface area (TPSA) is 65.2 Å². The molecule has 2 N–H and O–H groups in total. The molecule has 19 heavy (non-hydrogen) atoms. The Balaban J connectivity index is 2.22. The fourth-order valence-electron chi connectivity index (χ4n) is 2.58. The number of sulfonamides is 1. The monoisotopic (exact) mass is 285 g/mol. The highest BCUT2D eigenvalue weighted by Crippen LogP contribution is 2.33. The first-order chi connectivity index (χ1) is 8.88. The molecule has 2 heterocycles. The van der Waals surface area contributed by atoms with Crippen LogP contribution < -0.4 is 5.32 Å². The van der Waals surface area contributed by atoms with Crippen LogP contribution in [0.15, 0.2) is 17.2 Å². The van der Waals surface area contributed by atoms with Gasteiger partial charge >= 0.3 is 0 Å². The third kappa shape index (κ3) is 2.85. The Kier molecular flexibility index (Phi) is 4.03. The molecule has 0 atom stereocenters. The first-order valence-corrected chi connectivity index (χ1v) is 8.23. The number of hydrogen-bond donors (Lipinski definition) is 2. The quantitative estimate of drug-likeness (QED) is 0.865. The van der Waals surface area contributed by atoms with Crippen LogP contribution in [0.4, 0.5) is 0 Å². The van der Waals surface area contributed by atoms with Crippen LogP contribution in [-0.4, -0.2) is 36.3 Å². The van der Waals surface area contributed by atoms with Crippen LogP contribution in [0.2, 0.25) is 0 Å². The molecule has 6 heteroatoms. The lowest BCUT2D eigenvalue weighted by Crippen LogP contribution is -2.42. The first-order valence-electron chi connectivity index (χ1n) is 6.79. The van der Waals surface area contributed by atoms with Gasteiger partial charge in [-0.05, 0) is 39.3 Å². The van der Waals surface area contributed by atoms with Gasteiger partial charge in [0.2, 0.25) is 10.0 Å². The SMILES string of the molecule is CCNCc1cc(S(=O)(=O)N2CCCC2(C)C)c[nH]1. The lowest BCUT2D eigenvalue weighted by molar-refractivity contribution is 0.292. The van der Waals surface area contributed by atoms with E-state index < -0.39 is 10.0 Å². The zero-order chi connectivity index (χ0) is 14.1. The Bertz CT molecular complexity index is 534. The minimum Gasteiger partial charge on any atom is -0.363 e. The maximum atomic E-state index is 12.6. The molecule has 1 aromatic heterocycles. The summed E-state index contributed by atoms with van der Waals surface area (Å²) in [5.41, 5.74) is 0.621. The second-order valence-electron chi connectivity index (χ2n) is 5.63. The van der Waals surface area contributed by atoms with Gasteiger partial charge in [0.05, 0.1) is 4.90 Å². The predicted molar refractivity (Wildman–Crippen MR) is 75.4 cm³/mol. The van der Waals surface area contributed by atoms with Crippen molar-refractivity contribution < 1.29 is 8.42 Å². The van der Waals surface area contributed by atoms with E-state index in [1.54, 1.807) is 16.6 Å². The van der Waals surface area contributed by atoms with Crippen LogP contribution in [-0.2, 0) is 16.6 Å². The Labute approximate surface area is 115 Å². The lowest BCUT2D eigenvalue weighted by atomic mass is 10.0. The molecule has 0 spiro atoms. The molecule has 0 radical (unpaired) electrons. The highest BCUT2D eigenvalue weighted by molar-refractivity contribution is 7.89. The number of hydrogen-bond acceptors (Lipinski definition) is 3. The Hall–Kier alpha value is -0.850. The second kappa shape index (κ2) is 5.26. The van der Waals surface area contributed by atoms with E-state index in [1.807, 2.05) is 20.8 Å². The van der Waals surface area contributed by atoms with Crippen LogP contribution in [0.1, 0.15) is 39.3 Å². The minimum absolute atomic E-state index is 0.280. The summed E-state index contributed by atoms with van der Waals surface area (Å²) in [6.07, 6.45) is 3.44. The summed E-state index contributed by atoms with van der Waals surface area (Å²) in [6.45, 7) is 8.14. The molecular formula is C13H23N3O2S. The van der Waals surface area contributed by atoms with Gasteiger partial charge in [0, 0.05) is 30.5 Å². The maximum absolute atomic E-state index is 12.6. The molecule has 1 aliphatic rings. The van der Waals surface area contributed by atoms with Gasteiger partial charge in [-0.2, -0.15) is 4.31 Å². The fourth-order valence-corrected chi connectivity index (χ4v) is 4.45. The minimum atomic E-state index is -3.38. The summed E-state index contributed by atoms with van der Waals surface area (Å²) in [4.78, 5) is 3.40. The molecule has 0 unspecified atom stereocenters. The number of nitrogens with zero attached hydrogens (tertiary/aromatic N) is 1. The third-order valence-corrected chi connectivity index (χ3v) is 5.78. The number of H-pyrrole nitrogens is 1. The third-order valence-electron chi connectivity index (χ3n) is 3.69. The zero-order valence-corrected chi connectivity index (χ0v) is 12.7. The molecule has 0 bridgehead atoms. The van der Waals surface area contributed by atoms with Crippen molar-refractivity contribution in [3.05, 3.63) is 18.0 Å². The van der Waals surface area contributed by atoms with E-state index in [1.165, 1.54) is 0 Å². The molecule has 2 rings (SSSR count). The summed E-state index contributed by atoms with van der Waals surface area (Å²) in [5.74, 6) is 0. The molecule has 108 valence electrons. The van der Waals surface area contributed by atoms with Crippen LogP contribution in [0, 0.1) is 0 Å². The number of aromatic nitrogens is 1. The molecule has 0 saturated carbocycles. The van der Waals surface area contributed by atoms with E-state index in [9.17, 15) is 8.42 Å².